The molecule has 0 spiro atoms. The van der Waals surface area contributed by atoms with E-state index in [4.69, 9.17) is 11.5 Å². The lowest BCUT2D eigenvalue weighted by atomic mass is 9.96. The number of phenolic OH excluding ortho intramolecular Hbond substituents is 1. The van der Waals surface area contributed by atoms with E-state index in [1.807, 2.05) is 20.8 Å². The van der Waals surface area contributed by atoms with Crippen LogP contribution in [0.25, 0.3) is 0 Å². The molecule has 0 radical (unpaired) electrons. The minimum atomic E-state index is -1.17. The highest BCUT2D eigenvalue weighted by Crippen LogP contribution is 2.14. The van der Waals surface area contributed by atoms with E-state index < -0.39 is 47.9 Å². The Morgan fingerprint density at radius 2 is 1.42 bits per heavy atom. The Kier molecular flexibility index (Phi) is 14.4. The van der Waals surface area contributed by atoms with Gasteiger partial charge in [0, 0.05) is 6.42 Å². The maximum atomic E-state index is 13.5. The van der Waals surface area contributed by atoms with E-state index in [9.17, 15) is 29.4 Å². The summed E-state index contributed by atoms with van der Waals surface area (Å²) in [6.07, 6.45) is 2.68. The molecule has 0 saturated carbocycles. The number of rotatable bonds is 17. The third kappa shape index (κ3) is 10.7. The number of carbonyl (C=O) groups excluding carboxylic acids is 3. The van der Waals surface area contributed by atoms with Gasteiger partial charge in [0.05, 0.1) is 6.04 Å². The Bertz CT molecular complexity index is 910. The first-order chi connectivity index (χ1) is 17.9. The molecule has 0 aliphatic heterocycles. The molecular weight excluding hydrogens is 490 g/mol. The number of carboxylic acids is 1. The maximum absolute atomic E-state index is 13.5. The molecule has 214 valence electrons. The summed E-state index contributed by atoms with van der Waals surface area (Å²) in [6.45, 7) is 7.80. The molecule has 0 aromatic heterocycles. The van der Waals surface area contributed by atoms with Crippen LogP contribution in [0.1, 0.15) is 65.4 Å². The highest BCUT2D eigenvalue weighted by molar-refractivity contribution is 5.94. The third-order valence-electron chi connectivity index (χ3n) is 6.92. The smallest absolute Gasteiger partial charge is 0.326 e. The van der Waals surface area contributed by atoms with Gasteiger partial charge in [0.25, 0.3) is 0 Å². The molecule has 0 heterocycles. The number of aromatic hydroxyl groups is 1. The zero-order chi connectivity index (χ0) is 28.8. The monoisotopic (exact) mass is 535 g/mol. The molecule has 9 N–H and O–H groups in total. The van der Waals surface area contributed by atoms with Crippen molar-refractivity contribution in [1.29, 1.82) is 0 Å². The topological polar surface area (TPSA) is 197 Å². The first-order valence-electron chi connectivity index (χ1n) is 13.3. The van der Waals surface area contributed by atoms with Crippen molar-refractivity contribution in [3.8, 4) is 5.75 Å². The van der Waals surface area contributed by atoms with Gasteiger partial charge in [-0.15, -0.1) is 0 Å². The van der Waals surface area contributed by atoms with Crippen LogP contribution in [0.4, 0.5) is 0 Å². The number of hydrogen-bond donors (Lipinski definition) is 7. The van der Waals surface area contributed by atoms with E-state index in [2.05, 4.69) is 16.0 Å². The Hall–Kier alpha value is -3.18. The first-order valence-corrected chi connectivity index (χ1v) is 13.3. The van der Waals surface area contributed by atoms with E-state index in [1.165, 1.54) is 12.1 Å². The summed E-state index contributed by atoms with van der Waals surface area (Å²) in [5, 5.41) is 27.1. The maximum Gasteiger partial charge on any atom is 0.326 e. The van der Waals surface area contributed by atoms with Crippen LogP contribution < -0.4 is 27.4 Å². The van der Waals surface area contributed by atoms with Crippen LogP contribution in [0, 0.1) is 11.8 Å². The van der Waals surface area contributed by atoms with Crippen LogP contribution in [0.5, 0.6) is 5.75 Å². The molecule has 0 saturated heterocycles. The molecule has 0 aliphatic carbocycles. The van der Waals surface area contributed by atoms with Gasteiger partial charge in [0.15, 0.2) is 0 Å². The quantitative estimate of drug-likeness (QED) is 0.143. The van der Waals surface area contributed by atoms with Crippen molar-refractivity contribution in [2.45, 2.75) is 90.4 Å². The van der Waals surface area contributed by atoms with Gasteiger partial charge in [-0.3, -0.25) is 14.4 Å². The van der Waals surface area contributed by atoms with Crippen molar-refractivity contribution >= 4 is 23.7 Å². The van der Waals surface area contributed by atoms with Crippen molar-refractivity contribution in [3.05, 3.63) is 29.8 Å². The summed E-state index contributed by atoms with van der Waals surface area (Å²) in [5.41, 5.74) is 12.2. The lowest BCUT2D eigenvalue weighted by molar-refractivity contribution is -0.143. The lowest BCUT2D eigenvalue weighted by Gasteiger charge is -2.28. The highest BCUT2D eigenvalue weighted by Gasteiger charge is 2.33. The molecular formula is C27H45N5O6. The number of phenols is 1. The average Bonchev–Trinajstić information content (AvgIpc) is 2.90. The van der Waals surface area contributed by atoms with E-state index in [-0.39, 0.29) is 30.4 Å². The molecule has 1 aromatic carbocycles. The van der Waals surface area contributed by atoms with Crippen LogP contribution in [-0.4, -0.2) is 64.6 Å². The fourth-order valence-corrected chi connectivity index (χ4v) is 3.82. The number of carbonyl (C=O) groups is 4. The summed E-state index contributed by atoms with van der Waals surface area (Å²) in [5.74, 6) is -3.24. The van der Waals surface area contributed by atoms with Crippen LogP contribution in [0.15, 0.2) is 24.3 Å². The molecule has 11 heteroatoms. The van der Waals surface area contributed by atoms with Gasteiger partial charge in [-0.2, -0.15) is 0 Å². The zero-order valence-corrected chi connectivity index (χ0v) is 22.9. The van der Waals surface area contributed by atoms with E-state index in [0.717, 1.165) is 0 Å². The molecule has 1 aromatic rings. The lowest BCUT2D eigenvalue weighted by Crippen LogP contribution is -2.59. The van der Waals surface area contributed by atoms with Crippen LogP contribution >= 0.6 is 0 Å². The molecule has 11 nitrogen and oxygen atoms in total. The molecule has 1 rings (SSSR count). The Labute approximate surface area is 225 Å². The van der Waals surface area contributed by atoms with E-state index in [0.29, 0.717) is 37.8 Å². The van der Waals surface area contributed by atoms with Gasteiger partial charge in [-0.25, -0.2) is 4.79 Å². The van der Waals surface area contributed by atoms with Crippen molar-refractivity contribution in [3.63, 3.8) is 0 Å². The number of amides is 3. The van der Waals surface area contributed by atoms with Gasteiger partial charge in [-0.05, 0) is 55.3 Å². The minimum Gasteiger partial charge on any atom is -0.508 e. The number of nitrogens with one attached hydrogen (secondary N) is 3. The SMILES string of the molecule is CCC(C)C(N)C(=O)NC(Cc1ccc(O)cc1)C(=O)NC(C(=O)NC(CCCCN)C(=O)O)C(C)CC. The average molecular weight is 536 g/mol. The normalized spacial score (nSPS) is 15.8. The van der Waals surface area contributed by atoms with Gasteiger partial charge in [-0.1, -0.05) is 52.7 Å². The van der Waals surface area contributed by atoms with Crippen LogP contribution in [0.2, 0.25) is 0 Å². The summed E-state index contributed by atoms with van der Waals surface area (Å²) in [4.78, 5) is 51.2. The fraction of sp³-hybridized carbons (Fsp3) is 0.630. The standard InChI is InChI=1S/C27H45N5O6/c1-5-16(3)22(29)25(35)31-21(15-18-10-12-19(33)13-11-18)24(34)32-23(17(4)6-2)26(36)30-20(27(37)38)9-7-8-14-28/h10-13,16-17,20-23,33H,5-9,14-15,28-29H2,1-4H3,(H,30,36)(H,31,35)(H,32,34)(H,37,38). The predicted octanol–water partition coefficient (Wildman–Crippen LogP) is 1.02. The number of aliphatic carboxylic acids is 1. The van der Waals surface area contributed by atoms with E-state index >= 15 is 0 Å². The summed E-state index contributed by atoms with van der Waals surface area (Å²) in [7, 11) is 0. The predicted molar refractivity (Wildman–Crippen MR) is 145 cm³/mol. The number of carboxylic acid groups (broad SMARTS) is 1. The van der Waals surface area contributed by atoms with Crippen molar-refractivity contribution in [1.82, 2.24) is 16.0 Å². The second kappa shape index (κ2) is 16.6. The van der Waals surface area contributed by atoms with Crippen LogP contribution in [-0.2, 0) is 25.6 Å². The second-order valence-electron chi connectivity index (χ2n) is 9.90. The third-order valence-corrected chi connectivity index (χ3v) is 6.92. The number of nitrogens with two attached hydrogens (primary N) is 2. The summed E-state index contributed by atoms with van der Waals surface area (Å²) in [6, 6.07) is 2.20. The van der Waals surface area contributed by atoms with Crippen molar-refractivity contribution < 1.29 is 29.4 Å². The highest BCUT2D eigenvalue weighted by atomic mass is 16.4. The molecule has 3 amide bonds. The van der Waals surface area contributed by atoms with Crippen molar-refractivity contribution in [2.24, 2.45) is 23.3 Å². The Balaban J connectivity index is 3.15. The van der Waals surface area contributed by atoms with Gasteiger partial charge < -0.3 is 37.6 Å². The molecule has 0 bridgehead atoms. The van der Waals surface area contributed by atoms with Gasteiger partial charge in [0.2, 0.25) is 17.7 Å². The summed E-state index contributed by atoms with van der Waals surface area (Å²) < 4.78 is 0. The molecule has 0 aliphatic rings. The Morgan fingerprint density at radius 1 is 0.842 bits per heavy atom. The Morgan fingerprint density at radius 3 is 1.95 bits per heavy atom. The minimum absolute atomic E-state index is 0.0607. The number of benzene rings is 1. The second-order valence-corrected chi connectivity index (χ2v) is 9.90. The molecule has 6 unspecified atom stereocenters. The zero-order valence-electron chi connectivity index (χ0n) is 22.9. The van der Waals surface area contributed by atoms with Crippen molar-refractivity contribution in [2.75, 3.05) is 6.54 Å². The number of hydrogen-bond acceptors (Lipinski definition) is 7. The van der Waals surface area contributed by atoms with Crippen LogP contribution in [0.3, 0.4) is 0 Å². The largest absolute Gasteiger partial charge is 0.508 e. The summed E-state index contributed by atoms with van der Waals surface area (Å²) >= 11 is 0. The first kappa shape index (κ1) is 32.8. The fourth-order valence-electron chi connectivity index (χ4n) is 3.82. The van der Waals surface area contributed by atoms with E-state index in [1.54, 1.807) is 19.1 Å². The number of unbranched alkanes of at least 4 members (excludes halogenated alkanes) is 1. The molecule has 38 heavy (non-hydrogen) atoms. The van der Waals surface area contributed by atoms with Gasteiger partial charge in [0.1, 0.15) is 23.9 Å². The molecule has 0 fully saturated rings. The van der Waals surface area contributed by atoms with Gasteiger partial charge >= 0.3 is 5.97 Å². The molecule has 6 atom stereocenters.